The highest BCUT2D eigenvalue weighted by molar-refractivity contribution is 8.00. The van der Waals surface area contributed by atoms with Gasteiger partial charge in [-0.1, -0.05) is 11.6 Å². The van der Waals surface area contributed by atoms with E-state index in [4.69, 9.17) is 11.6 Å². The van der Waals surface area contributed by atoms with Gasteiger partial charge in [0.15, 0.2) is 0 Å². The number of pyridine rings is 1. The van der Waals surface area contributed by atoms with E-state index in [-0.39, 0.29) is 23.5 Å². The third kappa shape index (κ3) is 4.97. The number of benzene rings is 1. The smallest absolute Gasteiger partial charge is 0.235 e. The van der Waals surface area contributed by atoms with Crippen LogP contribution in [0.4, 0.5) is 11.5 Å². The quantitative estimate of drug-likeness (QED) is 0.767. The molecule has 1 aliphatic rings. The molecule has 0 atom stereocenters. The average molecular weight is 362 g/mol. The first-order valence-electron chi connectivity index (χ1n) is 7.55. The summed E-state index contributed by atoms with van der Waals surface area (Å²) in [5.41, 5.74) is 0.783. The van der Waals surface area contributed by atoms with Gasteiger partial charge in [-0.3, -0.25) is 9.59 Å². The van der Waals surface area contributed by atoms with Gasteiger partial charge in [0, 0.05) is 22.7 Å². The van der Waals surface area contributed by atoms with Crippen LogP contribution in [-0.2, 0) is 9.59 Å². The number of thioether (sulfide) groups is 1. The van der Waals surface area contributed by atoms with Crippen molar-refractivity contribution in [3.63, 3.8) is 0 Å². The van der Waals surface area contributed by atoms with Crippen LogP contribution in [0, 0.1) is 5.92 Å². The van der Waals surface area contributed by atoms with E-state index in [1.165, 1.54) is 18.0 Å². The highest BCUT2D eigenvalue weighted by Crippen LogP contribution is 2.30. The van der Waals surface area contributed by atoms with Gasteiger partial charge in [0.1, 0.15) is 5.82 Å². The zero-order valence-corrected chi connectivity index (χ0v) is 14.4. The molecule has 7 heteroatoms. The van der Waals surface area contributed by atoms with Gasteiger partial charge < -0.3 is 10.6 Å². The van der Waals surface area contributed by atoms with Crippen LogP contribution in [0.5, 0.6) is 0 Å². The number of carbonyl (C=O) groups is 2. The predicted molar refractivity (Wildman–Crippen MR) is 96.4 cm³/mol. The fraction of sp³-hybridized carbons (Fsp3) is 0.235. The summed E-state index contributed by atoms with van der Waals surface area (Å²) in [4.78, 5) is 28.6. The molecule has 0 bridgehead atoms. The van der Waals surface area contributed by atoms with Gasteiger partial charge in [-0.15, -0.1) is 11.8 Å². The van der Waals surface area contributed by atoms with Crippen LogP contribution in [-0.4, -0.2) is 22.6 Å². The number of carbonyl (C=O) groups excluding carboxylic acids is 2. The van der Waals surface area contributed by atoms with E-state index >= 15 is 0 Å². The predicted octanol–water partition coefficient (Wildman–Crippen LogP) is 3.81. The number of amides is 2. The van der Waals surface area contributed by atoms with Crippen molar-refractivity contribution in [1.29, 1.82) is 0 Å². The van der Waals surface area contributed by atoms with Crippen molar-refractivity contribution in [1.82, 2.24) is 4.98 Å². The van der Waals surface area contributed by atoms with Crippen molar-refractivity contribution >= 4 is 46.7 Å². The molecule has 2 N–H and O–H groups in total. The first kappa shape index (κ1) is 16.8. The summed E-state index contributed by atoms with van der Waals surface area (Å²) in [6.07, 6.45) is 3.45. The Balaban J connectivity index is 1.46. The number of rotatable bonds is 6. The van der Waals surface area contributed by atoms with E-state index in [1.54, 1.807) is 12.1 Å². The number of anilines is 2. The second-order valence-electron chi connectivity index (χ2n) is 5.49. The van der Waals surface area contributed by atoms with Gasteiger partial charge in [-0.05, 0) is 49.2 Å². The summed E-state index contributed by atoms with van der Waals surface area (Å²) in [6.45, 7) is 0. The zero-order chi connectivity index (χ0) is 16.9. The second-order valence-corrected chi connectivity index (χ2v) is 6.97. The minimum Gasteiger partial charge on any atom is -0.326 e. The van der Waals surface area contributed by atoms with Gasteiger partial charge in [-0.25, -0.2) is 4.98 Å². The fourth-order valence-electron chi connectivity index (χ4n) is 2.00. The summed E-state index contributed by atoms with van der Waals surface area (Å²) in [5.74, 6) is 0.886. The van der Waals surface area contributed by atoms with Crippen molar-refractivity contribution in [2.45, 2.75) is 17.7 Å². The van der Waals surface area contributed by atoms with E-state index in [2.05, 4.69) is 15.6 Å². The van der Waals surface area contributed by atoms with Crippen LogP contribution < -0.4 is 10.6 Å². The molecule has 2 aromatic rings. The summed E-state index contributed by atoms with van der Waals surface area (Å²) in [6, 6.07) is 10.8. The summed E-state index contributed by atoms with van der Waals surface area (Å²) in [7, 11) is 0. The molecule has 124 valence electrons. The van der Waals surface area contributed by atoms with Crippen molar-refractivity contribution in [3.05, 3.63) is 47.6 Å². The minimum absolute atomic E-state index is 0.0882. The SMILES string of the molecule is O=C(CSc1ccc(NC(=O)C2CC2)cc1)Nc1ccc(Cl)cn1. The number of hydrogen-bond donors (Lipinski definition) is 2. The average Bonchev–Trinajstić information content (AvgIpc) is 3.41. The van der Waals surface area contributed by atoms with Crippen molar-refractivity contribution in [2.75, 3.05) is 16.4 Å². The lowest BCUT2D eigenvalue weighted by molar-refractivity contribution is -0.117. The molecule has 5 nitrogen and oxygen atoms in total. The van der Waals surface area contributed by atoms with Gasteiger partial charge in [0.25, 0.3) is 0 Å². The second kappa shape index (κ2) is 7.68. The fourth-order valence-corrected chi connectivity index (χ4v) is 2.81. The summed E-state index contributed by atoms with van der Waals surface area (Å²) >= 11 is 7.17. The van der Waals surface area contributed by atoms with E-state index in [9.17, 15) is 9.59 Å². The Hall–Kier alpha value is -2.05. The van der Waals surface area contributed by atoms with E-state index in [0.717, 1.165) is 23.4 Å². The molecule has 1 aliphatic carbocycles. The Kier molecular flexibility index (Phi) is 5.37. The molecule has 2 amide bonds. The molecular formula is C17H16ClN3O2S. The number of nitrogens with one attached hydrogen (secondary N) is 2. The van der Waals surface area contributed by atoms with Crippen LogP contribution in [0.15, 0.2) is 47.5 Å². The maximum atomic E-state index is 11.9. The van der Waals surface area contributed by atoms with Crippen molar-refractivity contribution in [2.24, 2.45) is 5.92 Å². The van der Waals surface area contributed by atoms with Crippen LogP contribution in [0.3, 0.4) is 0 Å². The number of hydrogen-bond acceptors (Lipinski definition) is 4. The van der Waals surface area contributed by atoms with E-state index in [1.807, 2.05) is 24.3 Å². The highest BCUT2D eigenvalue weighted by Gasteiger charge is 2.29. The normalized spacial score (nSPS) is 13.4. The molecular weight excluding hydrogens is 346 g/mol. The summed E-state index contributed by atoms with van der Waals surface area (Å²) < 4.78 is 0. The first-order chi connectivity index (χ1) is 11.6. The van der Waals surface area contributed by atoms with Gasteiger partial charge in [0.2, 0.25) is 11.8 Å². The van der Waals surface area contributed by atoms with E-state index in [0.29, 0.717) is 10.8 Å². The third-order valence-electron chi connectivity index (χ3n) is 3.43. The van der Waals surface area contributed by atoms with Crippen LogP contribution in [0.25, 0.3) is 0 Å². The molecule has 1 aromatic heterocycles. The molecule has 1 aromatic carbocycles. The molecule has 1 fully saturated rings. The maximum Gasteiger partial charge on any atom is 0.235 e. The van der Waals surface area contributed by atoms with Crippen LogP contribution in [0.2, 0.25) is 5.02 Å². The number of nitrogens with zero attached hydrogens (tertiary/aromatic N) is 1. The van der Waals surface area contributed by atoms with Crippen LogP contribution >= 0.6 is 23.4 Å². The molecule has 3 rings (SSSR count). The Bertz CT molecular complexity index is 731. The monoisotopic (exact) mass is 361 g/mol. The molecule has 0 radical (unpaired) electrons. The Labute approximate surface area is 149 Å². The molecule has 0 aliphatic heterocycles. The van der Waals surface area contributed by atoms with E-state index < -0.39 is 0 Å². The largest absolute Gasteiger partial charge is 0.326 e. The molecule has 1 saturated carbocycles. The molecule has 0 spiro atoms. The Morgan fingerprint density at radius 3 is 2.50 bits per heavy atom. The van der Waals surface area contributed by atoms with Crippen molar-refractivity contribution in [3.8, 4) is 0 Å². The minimum atomic E-state index is -0.138. The first-order valence-corrected chi connectivity index (χ1v) is 8.91. The Morgan fingerprint density at radius 2 is 1.88 bits per heavy atom. The third-order valence-corrected chi connectivity index (χ3v) is 4.67. The van der Waals surface area contributed by atoms with Gasteiger partial charge in [-0.2, -0.15) is 0 Å². The molecule has 1 heterocycles. The lowest BCUT2D eigenvalue weighted by Gasteiger charge is -2.06. The standard InChI is InChI=1S/C17H16ClN3O2S/c18-12-3-8-15(19-9-12)21-16(22)10-24-14-6-4-13(5-7-14)20-17(23)11-1-2-11/h3-9,11H,1-2,10H2,(H,20,23)(H,19,21,22). The van der Waals surface area contributed by atoms with Gasteiger partial charge >= 0.3 is 0 Å². The molecule has 24 heavy (non-hydrogen) atoms. The lowest BCUT2D eigenvalue weighted by Crippen LogP contribution is -2.14. The maximum absolute atomic E-state index is 11.9. The highest BCUT2D eigenvalue weighted by atomic mass is 35.5. The van der Waals surface area contributed by atoms with Crippen LogP contribution in [0.1, 0.15) is 12.8 Å². The Morgan fingerprint density at radius 1 is 1.12 bits per heavy atom. The zero-order valence-electron chi connectivity index (χ0n) is 12.8. The van der Waals surface area contributed by atoms with Crippen molar-refractivity contribution < 1.29 is 9.59 Å². The molecule has 0 unspecified atom stereocenters. The lowest BCUT2D eigenvalue weighted by atomic mass is 10.3. The molecule has 0 saturated heterocycles. The number of halogens is 1. The summed E-state index contributed by atoms with van der Waals surface area (Å²) in [5, 5.41) is 6.12. The van der Waals surface area contributed by atoms with Gasteiger partial charge in [0.05, 0.1) is 10.8 Å². The number of aromatic nitrogens is 1. The topological polar surface area (TPSA) is 71.1 Å².